The number of carbonyl (C=O) groups excluding carboxylic acids is 1. The predicted octanol–water partition coefficient (Wildman–Crippen LogP) is 3.30. The first-order valence-corrected chi connectivity index (χ1v) is 10.4. The lowest BCUT2D eigenvalue weighted by atomic mass is 10.0. The van der Waals surface area contributed by atoms with Crippen molar-refractivity contribution in [3.63, 3.8) is 0 Å². The van der Waals surface area contributed by atoms with Crippen LogP contribution in [0, 0.1) is 5.92 Å². The van der Waals surface area contributed by atoms with E-state index in [2.05, 4.69) is 53.3 Å². The van der Waals surface area contributed by atoms with E-state index in [1.54, 1.807) is 13.4 Å². The fourth-order valence-corrected chi connectivity index (χ4v) is 3.20. The van der Waals surface area contributed by atoms with E-state index < -0.39 is 6.09 Å². The van der Waals surface area contributed by atoms with Crippen LogP contribution in [0.15, 0.2) is 35.6 Å². The Morgan fingerprint density at radius 2 is 2.10 bits per heavy atom. The number of nitrogens with one attached hydrogen (secondary N) is 2. The molecule has 1 aromatic carbocycles. The number of hydrogen-bond donors (Lipinski definition) is 3. The van der Waals surface area contributed by atoms with Gasteiger partial charge in [-0.15, -0.1) is 0 Å². The maximum Gasteiger partial charge on any atom is 0.407 e. The molecule has 0 spiro atoms. The minimum Gasteiger partial charge on any atom is -0.450 e. The Hall–Kier alpha value is -2.71. The highest BCUT2D eigenvalue weighted by molar-refractivity contribution is 5.67. The molecule has 164 valence electrons. The molecule has 0 saturated heterocycles. The fourth-order valence-electron chi connectivity index (χ4n) is 3.20. The number of nitrogens with two attached hydrogens (primary N) is 1. The van der Waals surface area contributed by atoms with Gasteiger partial charge in [-0.2, -0.15) is 0 Å². The predicted molar refractivity (Wildman–Crippen MR) is 120 cm³/mol. The number of carbonyl (C=O) groups is 1. The van der Waals surface area contributed by atoms with Crippen molar-refractivity contribution >= 4 is 18.6 Å². The molecule has 0 bridgehead atoms. The summed E-state index contributed by atoms with van der Waals surface area (Å²) in [7, 11) is 1.77. The van der Waals surface area contributed by atoms with Crippen molar-refractivity contribution in [3.05, 3.63) is 47.4 Å². The fraction of sp³-hybridized carbons (Fsp3) is 0.500. The zero-order valence-electron chi connectivity index (χ0n) is 18.2. The molecule has 2 rings (SSSR count). The van der Waals surface area contributed by atoms with Crippen molar-refractivity contribution in [1.29, 1.82) is 0 Å². The van der Waals surface area contributed by atoms with E-state index in [9.17, 15) is 4.79 Å². The average molecular weight is 415 g/mol. The van der Waals surface area contributed by atoms with Crippen LogP contribution in [0.5, 0.6) is 0 Å². The molecule has 8 heteroatoms. The van der Waals surface area contributed by atoms with E-state index in [0.29, 0.717) is 37.1 Å². The molecule has 1 amide bonds. The van der Waals surface area contributed by atoms with Crippen LogP contribution >= 0.6 is 0 Å². The van der Waals surface area contributed by atoms with Crippen LogP contribution in [0.2, 0.25) is 0 Å². The van der Waals surface area contributed by atoms with E-state index in [1.807, 2.05) is 16.7 Å². The van der Waals surface area contributed by atoms with E-state index in [-0.39, 0.29) is 6.17 Å². The number of aromatic nitrogens is 2. The molecular weight excluding hydrogens is 380 g/mol. The van der Waals surface area contributed by atoms with Crippen LogP contribution < -0.4 is 16.4 Å². The third-order valence-corrected chi connectivity index (χ3v) is 4.69. The number of nitrogens with zero attached hydrogens (tertiary/aromatic N) is 3. The molecule has 0 fully saturated rings. The topological polar surface area (TPSA) is 107 Å². The molecule has 8 nitrogen and oxygen atoms in total. The number of unbranched alkanes of at least 4 members (excludes halogenated alkanes) is 1. The van der Waals surface area contributed by atoms with Crippen LogP contribution in [0.25, 0.3) is 0 Å². The van der Waals surface area contributed by atoms with Gasteiger partial charge >= 0.3 is 6.09 Å². The van der Waals surface area contributed by atoms with Gasteiger partial charge in [0, 0.05) is 13.1 Å². The van der Waals surface area contributed by atoms with E-state index >= 15 is 0 Å². The SMILES string of the molecule is C=Nc1c(C(N)NC)ncn1CCCCOC(=O)NCc1cccc(CC(C)C)c1. The number of aliphatic imine (C=N–C) groups is 1. The Balaban J connectivity index is 1.68. The van der Waals surface area contributed by atoms with Crippen molar-refractivity contribution < 1.29 is 9.53 Å². The zero-order valence-corrected chi connectivity index (χ0v) is 18.2. The van der Waals surface area contributed by atoms with Crippen molar-refractivity contribution in [3.8, 4) is 0 Å². The number of hydrogen-bond acceptors (Lipinski definition) is 6. The Kier molecular flexibility index (Phi) is 9.50. The van der Waals surface area contributed by atoms with Crippen molar-refractivity contribution in [2.24, 2.45) is 16.6 Å². The number of aryl methyl sites for hydroxylation is 1. The quantitative estimate of drug-likeness (QED) is 0.281. The van der Waals surface area contributed by atoms with Crippen LogP contribution in [0.1, 0.15) is 49.7 Å². The van der Waals surface area contributed by atoms with Crippen LogP contribution in [0.4, 0.5) is 10.6 Å². The summed E-state index contributed by atoms with van der Waals surface area (Å²) >= 11 is 0. The Morgan fingerprint density at radius 3 is 2.80 bits per heavy atom. The minimum absolute atomic E-state index is 0.355. The smallest absolute Gasteiger partial charge is 0.407 e. The Bertz CT molecular complexity index is 818. The standard InChI is InChI=1S/C22H34N6O2/c1-16(2)12-17-8-7-9-18(13-17)14-26-22(29)30-11-6-5-10-28-15-27-19(20(23)24-3)21(28)25-4/h7-9,13,15-16,20,24H,4-6,10-12,14,23H2,1-3H3,(H,26,29). The van der Waals surface area contributed by atoms with Gasteiger partial charge in [-0.25, -0.2) is 14.8 Å². The highest BCUT2D eigenvalue weighted by Crippen LogP contribution is 2.22. The second-order valence-corrected chi connectivity index (χ2v) is 7.69. The summed E-state index contributed by atoms with van der Waals surface area (Å²) in [5, 5.41) is 5.75. The summed E-state index contributed by atoms with van der Waals surface area (Å²) in [6.45, 7) is 9.51. The first-order valence-electron chi connectivity index (χ1n) is 10.4. The molecule has 1 atom stereocenters. The van der Waals surface area contributed by atoms with Crippen LogP contribution in [-0.2, 0) is 24.2 Å². The number of ether oxygens (including phenoxy) is 1. The summed E-state index contributed by atoms with van der Waals surface area (Å²) < 4.78 is 7.18. The monoisotopic (exact) mass is 414 g/mol. The Morgan fingerprint density at radius 1 is 1.33 bits per heavy atom. The number of benzene rings is 1. The van der Waals surface area contributed by atoms with E-state index in [1.165, 1.54) is 5.56 Å². The van der Waals surface area contributed by atoms with E-state index in [0.717, 1.165) is 24.8 Å². The number of amides is 1. The molecule has 0 aliphatic heterocycles. The number of imidazole rings is 1. The molecule has 4 N–H and O–H groups in total. The van der Waals surface area contributed by atoms with Gasteiger partial charge < -0.3 is 20.4 Å². The van der Waals surface area contributed by atoms with Crippen molar-refractivity contribution in [2.45, 2.75) is 52.4 Å². The van der Waals surface area contributed by atoms with Gasteiger partial charge in [-0.1, -0.05) is 38.1 Å². The lowest BCUT2D eigenvalue weighted by molar-refractivity contribution is 0.143. The van der Waals surface area contributed by atoms with Crippen LogP contribution in [0.3, 0.4) is 0 Å². The Labute approximate surface area is 178 Å². The summed E-state index contributed by atoms with van der Waals surface area (Å²) in [6, 6.07) is 8.28. The van der Waals surface area contributed by atoms with Gasteiger partial charge in [0.2, 0.25) is 0 Å². The van der Waals surface area contributed by atoms with Gasteiger partial charge in [0.05, 0.1) is 12.9 Å². The van der Waals surface area contributed by atoms with Gasteiger partial charge in [-0.3, -0.25) is 5.32 Å². The van der Waals surface area contributed by atoms with Gasteiger partial charge in [-0.05, 0) is 50.1 Å². The van der Waals surface area contributed by atoms with Crippen molar-refractivity contribution in [2.75, 3.05) is 13.7 Å². The zero-order chi connectivity index (χ0) is 21.9. The molecule has 1 heterocycles. The normalized spacial score (nSPS) is 12.0. The summed E-state index contributed by atoms with van der Waals surface area (Å²) in [5.41, 5.74) is 8.98. The third-order valence-electron chi connectivity index (χ3n) is 4.69. The molecule has 0 aliphatic rings. The van der Waals surface area contributed by atoms with Crippen LogP contribution in [-0.4, -0.2) is 36.0 Å². The van der Waals surface area contributed by atoms with Gasteiger partial charge in [0.15, 0.2) is 5.82 Å². The second kappa shape index (κ2) is 12.1. The first-order chi connectivity index (χ1) is 14.4. The molecule has 1 unspecified atom stereocenters. The minimum atomic E-state index is -0.400. The van der Waals surface area contributed by atoms with Gasteiger partial charge in [0.1, 0.15) is 11.9 Å². The maximum absolute atomic E-state index is 11.9. The van der Waals surface area contributed by atoms with Crippen molar-refractivity contribution in [1.82, 2.24) is 20.2 Å². The summed E-state index contributed by atoms with van der Waals surface area (Å²) in [4.78, 5) is 20.3. The highest BCUT2D eigenvalue weighted by atomic mass is 16.5. The average Bonchev–Trinajstić information content (AvgIpc) is 3.14. The molecule has 30 heavy (non-hydrogen) atoms. The number of alkyl carbamates (subject to hydrolysis) is 1. The molecule has 0 radical (unpaired) electrons. The second-order valence-electron chi connectivity index (χ2n) is 7.69. The molecule has 2 aromatic rings. The lowest BCUT2D eigenvalue weighted by Crippen LogP contribution is -2.25. The molecule has 0 aliphatic carbocycles. The van der Waals surface area contributed by atoms with E-state index in [4.69, 9.17) is 10.5 Å². The maximum atomic E-state index is 11.9. The molecule has 0 saturated carbocycles. The first kappa shape index (κ1) is 23.6. The molecule has 1 aromatic heterocycles. The number of rotatable bonds is 12. The highest BCUT2D eigenvalue weighted by Gasteiger charge is 2.15. The van der Waals surface area contributed by atoms with Gasteiger partial charge in [0.25, 0.3) is 0 Å². The summed E-state index contributed by atoms with van der Waals surface area (Å²) in [6.07, 6.45) is 3.50. The molecular formula is C22H34N6O2. The summed E-state index contributed by atoms with van der Waals surface area (Å²) in [5.74, 6) is 1.26. The lowest BCUT2D eigenvalue weighted by Gasteiger charge is -2.11. The largest absolute Gasteiger partial charge is 0.450 e. The third kappa shape index (κ3) is 7.27.